The van der Waals surface area contributed by atoms with Crippen LogP contribution in [0.5, 0.6) is 0 Å². The number of imidazole rings is 1. The molecule has 280 valence electrons. The number of hydrogen-bond donors (Lipinski definition) is 0. The topological polar surface area (TPSA) is 60.9 Å². The Hall–Kier alpha value is -8.22. The van der Waals surface area contributed by atoms with Crippen LogP contribution in [0.2, 0.25) is 0 Å². The number of benzene rings is 8. The van der Waals surface area contributed by atoms with Gasteiger partial charge in [-0.15, -0.1) is 0 Å². The SMILES string of the molecule is c1ccc(-c2cc3c4ccccc4nc(-c4ccc(-c5ccc(-c6nc7ccccc7c7ccc8c(nc(-c9ccccc9)n8-c8ccccc8)c67)cc5)cc4)n3n2)cc1. The third-order valence-electron chi connectivity index (χ3n) is 11.6. The first-order valence-electron chi connectivity index (χ1n) is 20.2. The van der Waals surface area contributed by atoms with E-state index < -0.39 is 0 Å². The summed E-state index contributed by atoms with van der Waals surface area (Å²) in [4.78, 5) is 15.9. The number of hydrogen-bond acceptors (Lipinski definition) is 4. The first-order valence-corrected chi connectivity index (χ1v) is 20.2. The minimum Gasteiger partial charge on any atom is -0.292 e. The molecule has 60 heavy (non-hydrogen) atoms. The van der Waals surface area contributed by atoms with Gasteiger partial charge in [0.25, 0.3) is 0 Å². The Morgan fingerprint density at radius 2 is 0.900 bits per heavy atom. The standard InChI is InChI=1S/C54H34N6/c1-4-14-37(15-5-1)47-34-49-44-21-11-13-23-46(44)56-54(60(49)58-47)40-30-26-36(27-31-40)35-24-28-38(29-25-35)51-50-43(42-20-10-12-22-45(42)55-51)32-33-48-52(50)57-53(39-16-6-2-7-17-39)59(48)41-18-8-3-9-19-41/h1-34H. The molecule has 4 aromatic heterocycles. The van der Waals surface area contributed by atoms with Crippen LogP contribution in [0.15, 0.2) is 206 Å². The second-order valence-corrected chi connectivity index (χ2v) is 15.1. The summed E-state index contributed by atoms with van der Waals surface area (Å²) < 4.78 is 4.25. The van der Waals surface area contributed by atoms with E-state index in [1.165, 1.54) is 0 Å². The van der Waals surface area contributed by atoms with Gasteiger partial charge in [0.15, 0.2) is 5.82 Å². The normalized spacial score (nSPS) is 11.7. The molecule has 0 spiro atoms. The van der Waals surface area contributed by atoms with Gasteiger partial charge in [0.05, 0.1) is 39.0 Å². The van der Waals surface area contributed by atoms with Crippen molar-refractivity contribution in [2.24, 2.45) is 0 Å². The maximum Gasteiger partial charge on any atom is 0.161 e. The van der Waals surface area contributed by atoms with E-state index in [1.54, 1.807) is 0 Å². The molecule has 4 heterocycles. The average molecular weight is 767 g/mol. The van der Waals surface area contributed by atoms with Crippen LogP contribution in [0, 0.1) is 0 Å². The molecule has 0 bridgehead atoms. The Morgan fingerprint density at radius 3 is 1.60 bits per heavy atom. The largest absolute Gasteiger partial charge is 0.292 e. The molecule has 8 aromatic carbocycles. The summed E-state index contributed by atoms with van der Waals surface area (Å²) in [5, 5.41) is 9.42. The quantitative estimate of drug-likeness (QED) is 0.158. The highest BCUT2D eigenvalue weighted by Gasteiger charge is 2.21. The summed E-state index contributed by atoms with van der Waals surface area (Å²) >= 11 is 0. The second kappa shape index (κ2) is 13.7. The van der Waals surface area contributed by atoms with Gasteiger partial charge in [-0.1, -0.05) is 170 Å². The van der Waals surface area contributed by atoms with E-state index in [0.717, 1.165) is 111 Å². The zero-order valence-corrected chi connectivity index (χ0v) is 32.3. The fourth-order valence-electron chi connectivity index (χ4n) is 8.66. The number of fused-ring (bicyclic) bond motifs is 8. The van der Waals surface area contributed by atoms with Crippen LogP contribution in [0.1, 0.15) is 0 Å². The summed E-state index contributed by atoms with van der Waals surface area (Å²) in [6.45, 7) is 0. The van der Waals surface area contributed by atoms with Crippen molar-refractivity contribution in [3.8, 4) is 62.1 Å². The van der Waals surface area contributed by atoms with Crippen molar-refractivity contribution in [3.63, 3.8) is 0 Å². The molecule has 0 atom stereocenters. The zero-order chi connectivity index (χ0) is 39.6. The van der Waals surface area contributed by atoms with Crippen molar-refractivity contribution in [2.45, 2.75) is 0 Å². The molecule has 0 amide bonds. The van der Waals surface area contributed by atoms with Crippen molar-refractivity contribution < 1.29 is 0 Å². The third-order valence-corrected chi connectivity index (χ3v) is 11.6. The van der Waals surface area contributed by atoms with E-state index in [2.05, 4.69) is 174 Å². The number of nitrogens with zero attached hydrogens (tertiary/aromatic N) is 6. The summed E-state index contributed by atoms with van der Waals surface area (Å²) in [6, 6.07) is 71.9. The van der Waals surface area contributed by atoms with E-state index in [4.69, 9.17) is 20.1 Å². The molecule has 0 fully saturated rings. The molecule has 0 N–H and O–H groups in total. The lowest BCUT2D eigenvalue weighted by atomic mass is 9.97. The number of aromatic nitrogens is 6. The van der Waals surface area contributed by atoms with Crippen LogP contribution in [0.4, 0.5) is 0 Å². The highest BCUT2D eigenvalue weighted by molar-refractivity contribution is 6.20. The average Bonchev–Trinajstić information content (AvgIpc) is 3.96. The van der Waals surface area contributed by atoms with Gasteiger partial charge in [-0.3, -0.25) is 4.57 Å². The van der Waals surface area contributed by atoms with Crippen molar-refractivity contribution in [3.05, 3.63) is 206 Å². The van der Waals surface area contributed by atoms with E-state index in [-0.39, 0.29) is 0 Å². The lowest BCUT2D eigenvalue weighted by Gasteiger charge is -2.13. The molecular weight excluding hydrogens is 733 g/mol. The van der Waals surface area contributed by atoms with Gasteiger partial charge in [-0.2, -0.15) is 5.10 Å². The van der Waals surface area contributed by atoms with Crippen LogP contribution < -0.4 is 0 Å². The van der Waals surface area contributed by atoms with Gasteiger partial charge < -0.3 is 0 Å². The predicted octanol–water partition coefficient (Wildman–Crippen LogP) is 13.3. The van der Waals surface area contributed by atoms with Crippen LogP contribution in [0.25, 0.3) is 111 Å². The van der Waals surface area contributed by atoms with Gasteiger partial charge in [0, 0.05) is 44.1 Å². The number of rotatable bonds is 6. The maximum absolute atomic E-state index is 5.44. The zero-order valence-electron chi connectivity index (χ0n) is 32.3. The predicted molar refractivity (Wildman–Crippen MR) is 245 cm³/mol. The Morgan fingerprint density at radius 1 is 0.350 bits per heavy atom. The van der Waals surface area contributed by atoms with Gasteiger partial charge >= 0.3 is 0 Å². The molecule has 0 radical (unpaired) electrons. The summed E-state index contributed by atoms with van der Waals surface area (Å²) in [5.41, 5.74) is 14.2. The molecule has 0 aliphatic heterocycles. The van der Waals surface area contributed by atoms with E-state index in [0.29, 0.717) is 0 Å². The van der Waals surface area contributed by atoms with E-state index >= 15 is 0 Å². The third kappa shape index (κ3) is 5.50. The minimum atomic E-state index is 0.804. The smallest absolute Gasteiger partial charge is 0.161 e. The molecule has 0 aliphatic carbocycles. The molecular formula is C54H34N6. The van der Waals surface area contributed by atoms with Crippen LogP contribution >= 0.6 is 0 Å². The molecule has 6 nitrogen and oxygen atoms in total. The first kappa shape index (κ1) is 33.9. The van der Waals surface area contributed by atoms with E-state index in [9.17, 15) is 0 Å². The Balaban J connectivity index is 0.971. The van der Waals surface area contributed by atoms with Gasteiger partial charge in [-0.25, -0.2) is 19.5 Å². The van der Waals surface area contributed by atoms with Crippen molar-refractivity contribution >= 4 is 49.1 Å². The fourth-order valence-corrected chi connectivity index (χ4v) is 8.66. The lowest BCUT2D eigenvalue weighted by Crippen LogP contribution is -1.99. The van der Waals surface area contributed by atoms with Crippen LogP contribution in [-0.4, -0.2) is 29.1 Å². The highest BCUT2D eigenvalue weighted by Crippen LogP contribution is 2.40. The molecule has 0 unspecified atom stereocenters. The second-order valence-electron chi connectivity index (χ2n) is 15.1. The van der Waals surface area contributed by atoms with Gasteiger partial charge in [-0.05, 0) is 52.9 Å². The molecule has 6 heteroatoms. The van der Waals surface area contributed by atoms with E-state index in [1.807, 2.05) is 40.9 Å². The van der Waals surface area contributed by atoms with Crippen LogP contribution in [-0.2, 0) is 0 Å². The number of pyridine rings is 1. The lowest BCUT2D eigenvalue weighted by molar-refractivity contribution is 0.949. The van der Waals surface area contributed by atoms with Crippen molar-refractivity contribution in [1.29, 1.82) is 0 Å². The maximum atomic E-state index is 5.44. The minimum absolute atomic E-state index is 0.804. The Bertz CT molecular complexity index is 3560. The van der Waals surface area contributed by atoms with Crippen molar-refractivity contribution in [2.75, 3.05) is 0 Å². The molecule has 12 rings (SSSR count). The molecule has 0 saturated carbocycles. The fraction of sp³-hybridized carbons (Fsp3) is 0. The Kier molecular flexibility index (Phi) is 7.74. The highest BCUT2D eigenvalue weighted by atomic mass is 15.3. The monoisotopic (exact) mass is 766 g/mol. The van der Waals surface area contributed by atoms with Gasteiger partial charge in [0.1, 0.15) is 5.82 Å². The first-order chi connectivity index (χ1) is 29.7. The van der Waals surface area contributed by atoms with Gasteiger partial charge in [0.2, 0.25) is 0 Å². The number of para-hydroxylation sites is 3. The molecule has 0 aliphatic rings. The van der Waals surface area contributed by atoms with Crippen molar-refractivity contribution in [1.82, 2.24) is 29.1 Å². The van der Waals surface area contributed by atoms with Crippen LogP contribution in [0.3, 0.4) is 0 Å². The molecule has 0 saturated heterocycles. The summed E-state index contributed by atoms with van der Waals surface area (Å²) in [5.74, 6) is 1.70. The molecule has 12 aromatic rings. The summed E-state index contributed by atoms with van der Waals surface area (Å²) in [6.07, 6.45) is 0. The Labute approximate surface area is 345 Å². The summed E-state index contributed by atoms with van der Waals surface area (Å²) in [7, 11) is 0.